The maximum Gasteiger partial charge on any atom is 0.274 e. The van der Waals surface area contributed by atoms with Gasteiger partial charge in [-0.15, -0.1) is 0 Å². The van der Waals surface area contributed by atoms with Gasteiger partial charge in [0, 0.05) is 32.2 Å². The van der Waals surface area contributed by atoms with Crippen molar-refractivity contribution in [3.8, 4) is 0 Å². The summed E-state index contributed by atoms with van der Waals surface area (Å²) in [5.41, 5.74) is 1.19. The van der Waals surface area contributed by atoms with Crippen LogP contribution in [-0.4, -0.2) is 50.3 Å². The number of ether oxygens (including phenoxy) is 1. The maximum absolute atomic E-state index is 12.3. The Morgan fingerprint density at radius 1 is 1.45 bits per heavy atom. The highest BCUT2D eigenvalue weighted by atomic mass is 16.5. The SMILES string of the molecule is Cn1ccc(C(=O)N2CCO[C@H](c3cnccn3)C2)n1. The van der Waals surface area contributed by atoms with Crippen molar-refractivity contribution >= 4 is 5.91 Å². The lowest BCUT2D eigenvalue weighted by atomic mass is 10.2. The van der Waals surface area contributed by atoms with Gasteiger partial charge in [0.1, 0.15) is 11.8 Å². The average Bonchev–Trinajstić information content (AvgIpc) is 2.94. The topological polar surface area (TPSA) is 73.1 Å². The summed E-state index contributed by atoms with van der Waals surface area (Å²) in [5.74, 6) is -0.0807. The van der Waals surface area contributed by atoms with Crippen LogP contribution in [0.4, 0.5) is 0 Å². The van der Waals surface area contributed by atoms with Crippen LogP contribution in [0.5, 0.6) is 0 Å². The molecule has 0 unspecified atom stereocenters. The number of hydrogen-bond acceptors (Lipinski definition) is 5. The van der Waals surface area contributed by atoms with Crippen molar-refractivity contribution in [3.05, 3.63) is 42.2 Å². The molecule has 2 aromatic rings. The van der Waals surface area contributed by atoms with E-state index in [9.17, 15) is 4.79 Å². The van der Waals surface area contributed by atoms with Crippen LogP contribution in [0.25, 0.3) is 0 Å². The number of amides is 1. The van der Waals surface area contributed by atoms with Crippen LogP contribution in [0, 0.1) is 0 Å². The van der Waals surface area contributed by atoms with E-state index in [4.69, 9.17) is 4.74 Å². The average molecular weight is 273 g/mol. The lowest BCUT2D eigenvalue weighted by Gasteiger charge is -2.32. The first kappa shape index (κ1) is 12.7. The zero-order chi connectivity index (χ0) is 13.9. The maximum atomic E-state index is 12.3. The Kier molecular flexibility index (Phi) is 3.42. The van der Waals surface area contributed by atoms with E-state index in [0.717, 1.165) is 5.69 Å². The minimum Gasteiger partial charge on any atom is -0.368 e. The Labute approximate surface area is 116 Å². The number of aryl methyl sites for hydroxylation is 1. The third-order valence-electron chi connectivity index (χ3n) is 3.20. The Hall–Kier alpha value is -2.28. The van der Waals surface area contributed by atoms with Crippen molar-refractivity contribution in [2.24, 2.45) is 7.05 Å². The predicted molar refractivity (Wildman–Crippen MR) is 69.8 cm³/mol. The molecular formula is C13H15N5O2. The second-order valence-electron chi connectivity index (χ2n) is 4.62. The fourth-order valence-electron chi connectivity index (χ4n) is 2.18. The second-order valence-corrected chi connectivity index (χ2v) is 4.62. The van der Waals surface area contributed by atoms with E-state index >= 15 is 0 Å². The van der Waals surface area contributed by atoms with Crippen molar-refractivity contribution in [1.29, 1.82) is 0 Å². The molecule has 3 heterocycles. The first-order valence-electron chi connectivity index (χ1n) is 6.40. The van der Waals surface area contributed by atoms with Gasteiger partial charge in [-0.05, 0) is 6.07 Å². The van der Waals surface area contributed by atoms with Gasteiger partial charge in [-0.1, -0.05) is 0 Å². The smallest absolute Gasteiger partial charge is 0.274 e. The summed E-state index contributed by atoms with van der Waals surface area (Å²) >= 11 is 0. The highest BCUT2D eigenvalue weighted by molar-refractivity contribution is 5.92. The molecule has 0 aliphatic carbocycles. The Morgan fingerprint density at radius 2 is 2.35 bits per heavy atom. The molecule has 1 aliphatic rings. The van der Waals surface area contributed by atoms with E-state index in [0.29, 0.717) is 25.4 Å². The first-order chi connectivity index (χ1) is 9.74. The third kappa shape index (κ3) is 2.53. The van der Waals surface area contributed by atoms with Crippen molar-refractivity contribution in [2.75, 3.05) is 19.7 Å². The molecule has 20 heavy (non-hydrogen) atoms. The molecule has 7 heteroatoms. The number of aromatic nitrogens is 4. The van der Waals surface area contributed by atoms with Gasteiger partial charge in [0.15, 0.2) is 0 Å². The van der Waals surface area contributed by atoms with Crippen LogP contribution >= 0.6 is 0 Å². The Bertz CT molecular complexity index is 598. The highest BCUT2D eigenvalue weighted by Gasteiger charge is 2.27. The first-order valence-corrected chi connectivity index (χ1v) is 6.40. The molecule has 1 fully saturated rings. The minimum atomic E-state index is -0.231. The molecular weight excluding hydrogens is 258 g/mol. The summed E-state index contributed by atoms with van der Waals surface area (Å²) in [6.07, 6.45) is 6.43. The normalized spacial score (nSPS) is 19.1. The van der Waals surface area contributed by atoms with E-state index in [-0.39, 0.29) is 12.0 Å². The van der Waals surface area contributed by atoms with Crippen LogP contribution in [0.1, 0.15) is 22.3 Å². The van der Waals surface area contributed by atoms with Crippen molar-refractivity contribution in [3.63, 3.8) is 0 Å². The largest absolute Gasteiger partial charge is 0.368 e. The summed E-state index contributed by atoms with van der Waals surface area (Å²) in [6, 6.07) is 1.72. The number of carbonyl (C=O) groups excluding carboxylic acids is 1. The number of morpholine rings is 1. The van der Waals surface area contributed by atoms with E-state index in [1.54, 1.807) is 47.5 Å². The molecule has 0 spiro atoms. The fourth-order valence-corrected chi connectivity index (χ4v) is 2.18. The van der Waals surface area contributed by atoms with Crippen molar-refractivity contribution in [2.45, 2.75) is 6.10 Å². The van der Waals surface area contributed by atoms with E-state index < -0.39 is 0 Å². The lowest BCUT2D eigenvalue weighted by molar-refractivity contribution is -0.0251. The molecule has 0 saturated carbocycles. The van der Waals surface area contributed by atoms with Gasteiger partial charge in [0.25, 0.3) is 5.91 Å². The molecule has 7 nitrogen and oxygen atoms in total. The van der Waals surface area contributed by atoms with E-state index in [2.05, 4.69) is 15.1 Å². The molecule has 0 aromatic carbocycles. The summed E-state index contributed by atoms with van der Waals surface area (Å²) in [5, 5.41) is 4.14. The molecule has 2 aromatic heterocycles. The van der Waals surface area contributed by atoms with Crippen LogP contribution < -0.4 is 0 Å². The van der Waals surface area contributed by atoms with Gasteiger partial charge in [-0.25, -0.2) is 0 Å². The molecule has 1 saturated heterocycles. The highest BCUT2D eigenvalue weighted by Crippen LogP contribution is 2.20. The predicted octanol–water partition coefficient (Wildman–Crippen LogP) is 0.424. The van der Waals surface area contributed by atoms with Crippen molar-refractivity contribution < 1.29 is 9.53 Å². The van der Waals surface area contributed by atoms with Crippen LogP contribution in [0.2, 0.25) is 0 Å². The zero-order valence-corrected chi connectivity index (χ0v) is 11.1. The minimum absolute atomic E-state index is 0.0807. The van der Waals surface area contributed by atoms with Crippen LogP contribution in [0.3, 0.4) is 0 Å². The molecule has 0 bridgehead atoms. The zero-order valence-electron chi connectivity index (χ0n) is 11.1. The van der Waals surface area contributed by atoms with Gasteiger partial charge in [0.2, 0.25) is 0 Å². The number of nitrogens with zero attached hydrogens (tertiary/aromatic N) is 5. The lowest BCUT2D eigenvalue weighted by Crippen LogP contribution is -2.42. The van der Waals surface area contributed by atoms with Gasteiger partial charge in [-0.2, -0.15) is 5.10 Å². The number of carbonyl (C=O) groups is 1. The summed E-state index contributed by atoms with van der Waals surface area (Å²) in [6.45, 7) is 1.51. The summed E-state index contributed by atoms with van der Waals surface area (Å²) in [7, 11) is 1.79. The molecule has 1 aliphatic heterocycles. The van der Waals surface area contributed by atoms with E-state index in [1.807, 2.05) is 0 Å². The number of rotatable bonds is 2. The third-order valence-corrected chi connectivity index (χ3v) is 3.20. The fraction of sp³-hybridized carbons (Fsp3) is 0.385. The monoisotopic (exact) mass is 273 g/mol. The quantitative estimate of drug-likeness (QED) is 0.793. The number of hydrogen-bond donors (Lipinski definition) is 0. The van der Waals surface area contributed by atoms with Gasteiger partial charge >= 0.3 is 0 Å². The molecule has 1 amide bonds. The standard InChI is InChI=1S/C13H15N5O2/c1-17-5-2-10(16-17)13(19)18-6-7-20-12(9-18)11-8-14-3-4-15-11/h2-5,8,12H,6-7,9H2,1H3/t12-/m0/s1. The van der Waals surface area contributed by atoms with E-state index in [1.165, 1.54) is 0 Å². The van der Waals surface area contributed by atoms with Crippen LogP contribution in [0.15, 0.2) is 30.9 Å². The summed E-state index contributed by atoms with van der Waals surface area (Å²) < 4.78 is 7.28. The van der Waals surface area contributed by atoms with Gasteiger partial charge < -0.3 is 9.64 Å². The molecule has 3 rings (SSSR count). The van der Waals surface area contributed by atoms with Gasteiger partial charge in [0.05, 0.1) is 25.0 Å². The van der Waals surface area contributed by atoms with Crippen LogP contribution in [-0.2, 0) is 11.8 Å². The van der Waals surface area contributed by atoms with Gasteiger partial charge in [-0.3, -0.25) is 19.4 Å². The summed E-state index contributed by atoms with van der Waals surface area (Å²) in [4.78, 5) is 22.3. The van der Waals surface area contributed by atoms with Crippen molar-refractivity contribution in [1.82, 2.24) is 24.6 Å². The molecule has 0 N–H and O–H groups in total. The second kappa shape index (κ2) is 5.38. The molecule has 1 atom stereocenters. The Balaban J connectivity index is 1.74. The Morgan fingerprint density at radius 3 is 3.05 bits per heavy atom. The molecule has 104 valence electrons. The molecule has 0 radical (unpaired) electrons.